The lowest BCUT2D eigenvalue weighted by atomic mass is 9.90. The van der Waals surface area contributed by atoms with Gasteiger partial charge in [0.2, 0.25) is 11.8 Å². The highest BCUT2D eigenvalue weighted by molar-refractivity contribution is 5.21. The van der Waals surface area contributed by atoms with Crippen LogP contribution in [-0.4, -0.2) is 28.2 Å². The summed E-state index contributed by atoms with van der Waals surface area (Å²) in [5, 5.41) is 8.17. The van der Waals surface area contributed by atoms with Crippen molar-refractivity contribution in [3.8, 4) is 0 Å². The zero-order valence-electron chi connectivity index (χ0n) is 14.3. The predicted octanol–water partition coefficient (Wildman–Crippen LogP) is 3.79. The Labute approximate surface area is 138 Å². The molecule has 0 N–H and O–H groups in total. The first-order valence-corrected chi connectivity index (χ1v) is 8.82. The SMILES string of the molecule is CCc1nnc(CN2CCC(CCc3ccc(C)cc3)CC2)o1. The Hall–Kier alpha value is -1.68. The van der Waals surface area contributed by atoms with E-state index < -0.39 is 0 Å². The van der Waals surface area contributed by atoms with E-state index in [9.17, 15) is 0 Å². The maximum atomic E-state index is 5.61. The zero-order chi connectivity index (χ0) is 16.1. The summed E-state index contributed by atoms with van der Waals surface area (Å²) in [5.41, 5.74) is 2.81. The summed E-state index contributed by atoms with van der Waals surface area (Å²) in [7, 11) is 0. The number of piperidine rings is 1. The quantitative estimate of drug-likeness (QED) is 0.814. The minimum Gasteiger partial charge on any atom is -0.424 e. The van der Waals surface area contributed by atoms with Gasteiger partial charge in [0.25, 0.3) is 0 Å². The molecule has 4 heteroatoms. The average Bonchev–Trinajstić information content (AvgIpc) is 3.03. The van der Waals surface area contributed by atoms with Crippen molar-refractivity contribution < 1.29 is 4.42 Å². The van der Waals surface area contributed by atoms with Crippen molar-refractivity contribution in [1.82, 2.24) is 15.1 Å². The molecular formula is C19H27N3O. The predicted molar refractivity (Wildman–Crippen MR) is 91.2 cm³/mol. The van der Waals surface area contributed by atoms with Gasteiger partial charge in [-0.25, -0.2) is 0 Å². The van der Waals surface area contributed by atoms with E-state index >= 15 is 0 Å². The third-order valence-corrected chi connectivity index (χ3v) is 4.84. The Morgan fingerprint density at radius 1 is 1.09 bits per heavy atom. The molecule has 2 aromatic rings. The molecule has 0 amide bonds. The van der Waals surface area contributed by atoms with Crippen LogP contribution >= 0.6 is 0 Å². The monoisotopic (exact) mass is 313 g/mol. The maximum Gasteiger partial charge on any atom is 0.230 e. The second-order valence-electron chi connectivity index (χ2n) is 6.69. The second-order valence-corrected chi connectivity index (χ2v) is 6.69. The molecule has 124 valence electrons. The number of hydrogen-bond donors (Lipinski definition) is 0. The van der Waals surface area contributed by atoms with Gasteiger partial charge in [-0.1, -0.05) is 36.8 Å². The number of aromatic nitrogens is 2. The van der Waals surface area contributed by atoms with E-state index in [1.807, 2.05) is 6.92 Å². The summed E-state index contributed by atoms with van der Waals surface area (Å²) < 4.78 is 5.61. The Kier molecular flexibility index (Phi) is 5.44. The van der Waals surface area contributed by atoms with Crippen molar-refractivity contribution in [2.24, 2.45) is 5.92 Å². The summed E-state index contributed by atoms with van der Waals surface area (Å²) >= 11 is 0. The highest BCUT2D eigenvalue weighted by Gasteiger charge is 2.20. The van der Waals surface area contributed by atoms with Crippen LogP contribution in [0.3, 0.4) is 0 Å². The molecule has 0 spiro atoms. The number of benzene rings is 1. The molecule has 1 aromatic heterocycles. The van der Waals surface area contributed by atoms with Crippen LogP contribution < -0.4 is 0 Å². The minimum atomic E-state index is 0.744. The third kappa shape index (κ3) is 4.64. The van der Waals surface area contributed by atoms with Gasteiger partial charge in [-0.2, -0.15) is 0 Å². The summed E-state index contributed by atoms with van der Waals surface area (Å²) in [4.78, 5) is 2.44. The van der Waals surface area contributed by atoms with Crippen molar-refractivity contribution in [3.05, 3.63) is 47.2 Å². The Bertz CT molecular complexity index is 597. The molecule has 2 heterocycles. The van der Waals surface area contributed by atoms with E-state index in [1.165, 1.54) is 36.8 Å². The molecule has 3 rings (SSSR count). The molecule has 4 nitrogen and oxygen atoms in total. The summed E-state index contributed by atoms with van der Waals surface area (Å²) in [6, 6.07) is 8.97. The molecule has 1 aromatic carbocycles. The summed E-state index contributed by atoms with van der Waals surface area (Å²) in [6.07, 6.45) is 5.88. The molecular weight excluding hydrogens is 286 g/mol. The van der Waals surface area contributed by atoms with Crippen LogP contribution in [0.15, 0.2) is 28.7 Å². The fourth-order valence-corrected chi connectivity index (χ4v) is 3.25. The van der Waals surface area contributed by atoms with Gasteiger partial charge in [0, 0.05) is 6.42 Å². The van der Waals surface area contributed by atoms with Gasteiger partial charge < -0.3 is 4.42 Å². The van der Waals surface area contributed by atoms with E-state index in [0.717, 1.165) is 43.8 Å². The van der Waals surface area contributed by atoms with Gasteiger partial charge >= 0.3 is 0 Å². The molecule has 0 aliphatic carbocycles. The van der Waals surface area contributed by atoms with Crippen LogP contribution in [0, 0.1) is 12.8 Å². The number of hydrogen-bond acceptors (Lipinski definition) is 4. The first kappa shape index (κ1) is 16.2. The Morgan fingerprint density at radius 2 is 1.78 bits per heavy atom. The molecule has 1 saturated heterocycles. The molecule has 1 aliphatic rings. The lowest BCUT2D eigenvalue weighted by molar-refractivity contribution is 0.159. The second kappa shape index (κ2) is 7.73. The van der Waals surface area contributed by atoms with Gasteiger partial charge in [-0.3, -0.25) is 4.90 Å². The van der Waals surface area contributed by atoms with Crippen molar-refractivity contribution in [3.63, 3.8) is 0 Å². The van der Waals surface area contributed by atoms with Gasteiger partial charge in [-0.05, 0) is 57.2 Å². The van der Waals surface area contributed by atoms with Crippen LogP contribution in [0.4, 0.5) is 0 Å². The van der Waals surface area contributed by atoms with Gasteiger partial charge in [0.05, 0.1) is 6.54 Å². The highest BCUT2D eigenvalue weighted by Crippen LogP contribution is 2.23. The van der Waals surface area contributed by atoms with Crippen molar-refractivity contribution in [2.75, 3.05) is 13.1 Å². The molecule has 1 aliphatic heterocycles. The van der Waals surface area contributed by atoms with E-state index in [0.29, 0.717) is 0 Å². The van der Waals surface area contributed by atoms with E-state index in [2.05, 4.69) is 46.3 Å². The summed E-state index contributed by atoms with van der Waals surface area (Å²) in [5.74, 6) is 2.36. The lowest BCUT2D eigenvalue weighted by Gasteiger charge is -2.31. The van der Waals surface area contributed by atoms with Gasteiger partial charge in [0.15, 0.2) is 0 Å². The standard InChI is InChI=1S/C19H27N3O/c1-3-18-20-21-19(23-18)14-22-12-10-17(11-13-22)9-8-16-6-4-15(2)5-7-16/h4-7,17H,3,8-14H2,1-2H3. The fraction of sp³-hybridized carbons (Fsp3) is 0.579. The van der Waals surface area contributed by atoms with Crippen LogP contribution in [0.2, 0.25) is 0 Å². The van der Waals surface area contributed by atoms with Crippen LogP contribution in [0.1, 0.15) is 49.1 Å². The van der Waals surface area contributed by atoms with Crippen molar-refractivity contribution in [2.45, 2.75) is 52.5 Å². The van der Waals surface area contributed by atoms with E-state index in [1.54, 1.807) is 0 Å². The average molecular weight is 313 g/mol. The van der Waals surface area contributed by atoms with Crippen LogP contribution in [0.5, 0.6) is 0 Å². The van der Waals surface area contributed by atoms with Crippen LogP contribution in [0.25, 0.3) is 0 Å². The molecule has 0 unspecified atom stereocenters. The maximum absolute atomic E-state index is 5.61. The zero-order valence-corrected chi connectivity index (χ0v) is 14.3. The van der Waals surface area contributed by atoms with E-state index in [4.69, 9.17) is 4.42 Å². The molecule has 0 saturated carbocycles. The first-order chi connectivity index (χ1) is 11.2. The van der Waals surface area contributed by atoms with Gasteiger partial charge in [-0.15, -0.1) is 10.2 Å². The lowest BCUT2D eigenvalue weighted by Crippen LogP contribution is -2.33. The molecule has 0 bridgehead atoms. The molecule has 0 atom stereocenters. The van der Waals surface area contributed by atoms with Crippen molar-refractivity contribution in [1.29, 1.82) is 0 Å². The molecule has 1 fully saturated rings. The number of rotatable bonds is 6. The van der Waals surface area contributed by atoms with Gasteiger partial charge in [0.1, 0.15) is 0 Å². The van der Waals surface area contributed by atoms with Crippen LogP contribution in [-0.2, 0) is 19.4 Å². The topological polar surface area (TPSA) is 42.2 Å². The fourth-order valence-electron chi connectivity index (χ4n) is 3.25. The first-order valence-electron chi connectivity index (χ1n) is 8.82. The Morgan fingerprint density at radius 3 is 2.43 bits per heavy atom. The largest absolute Gasteiger partial charge is 0.424 e. The molecule has 0 radical (unpaired) electrons. The number of aryl methyl sites for hydroxylation is 3. The number of nitrogens with zero attached hydrogens (tertiary/aromatic N) is 3. The smallest absolute Gasteiger partial charge is 0.230 e. The highest BCUT2D eigenvalue weighted by atomic mass is 16.4. The summed E-state index contributed by atoms with van der Waals surface area (Å²) in [6.45, 7) is 7.27. The Balaban J connectivity index is 1.40. The third-order valence-electron chi connectivity index (χ3n) is 4.84. The number of likely N-dealkylation sites (tertiary alicyclic amines) is 1. The van der Waals surface area contributed by atoms with E-state index in [-0.39, 0.29) is 0 Å². The van der Waals surface area contributed by atoms with Crippen molar-refractivity contribution >= 4 is 0 Å². The minimum absolute atomic E-state index is 0.744. The normalized spacial score (nSPS) is 16.8. The molecule has 23 heavy (non-hydrogen) atoms.